The topological polar surface area (TPSA) is 109 Å². The van der Waals surface area contributed by atoms with E-state index in [1.54, 1.807) is 25.3 Å². The molecular formula is C18H22N4O5. The molecule has 0 aliphatic heterocycles. The minimum Gasteiger partial charge on any atom is -0.497 e. The minimum atomic E-state index is -0.531. The summed E-state index contributed by atoms with van der Waals surface area (Å²) < 4.78 is 16.3. The van der Waals surface area contributed by atoms with Crippen molar-refractivity contribution in [2.45, 2.75) is 38.2 Å². The van der Waals surface area contributed by atoms with E-state index in [0.717, 1.165) is 32.1 Å². The van der Waals surface area contributed by atoms with Crippen molar-refractivity contribution in [2.75, 3.05) is 19.5 Å². The van der Waals surface area contributed by atoms with Crippen LogP contribution in [0.5, 0.6) is 17.4 Å². The van der Waals surface area contributed by atoms with Gasteiger partial charge in [0.1, 0.15) is 23.9 Å². The first-order valence-corrected chi connectivity index (χ1v) is 8.77. The fourth-order valence-electron chi connectivity index (χ4n) is 3.08. The molecule has 9 nitrogen and oxygen atoms in total. The lowest BCUT2D eigenvalue weighted by atomic mass is 9.98. The summed E-state index contributed by atoms with van der Waals surface area (Å²) in [5.74, 6) is 1.11. The number of aromatic nitrogens is 2. The summed E-state index contributed by atoms with van der Waals surface area (Å²) in [6.07, 6.45) is 6.21. The summed E-state index contributed by atoms with van der Waals surface area (Å²) in [7, 11) is 3.05. The van der Waals surface area contributed by atoms with Crippen molar-refractivity contribution in [2.24, 2.45) is 0 Å². The first-order valence-electron chi connectivity index (χ1n) is 8.77. The fourth-order valence-corrected chi connectivity index (χ4v) is 3.08. The van der Waals surface area contributed by atoms with Crippen LogP contribution in [0.1, 0.15) is 32.1 Å². The Labute approximate surface area is 156 Å². The smallest absolute Gasteiger partial charge is 0.373 e. The maximum Gasteiger partial charge on any atom is 0.373 e. The van der Waals surface area contributed by atoms with Gasteiger partial charge in [-0.25, -0.2) is 4.98 Å². The number of methoxy groups -OCH3 is 2. The molecule has 1 heterocycles. The number of nitrogens with one attached hydrogen (secondary N) is 1. The molecule has 0 radical (unpaired) electrons. The highest BCUT2D eigenvalue weighted by molar-refractivity contribution is 5.72. The number of rotatable bonds is 7. The average molecular weight is 374 g/mol. The van der Waals surface area contributed by atoms with Crippen molar-refractivity contribution in [1.82, 2.24) is 9.97 Å². The van der Waals surface area contributed by atoms with Crippen molar-refractivity contribution >= 4 is 17.2 Å². The van der Waals surface area contributed by atoms with E-state index in [9.17, 15) is 10.1 Å². The van der Waals surface area contributed by atoms with Gasteiger partial charge in [-0.1, -0.05) is 6.42 Å². The quantitative estimate of drug-likeness (QED) is 0.575. The normalized spacial score (nSPS) is 14.4. The van der Waals surface area contributed by atoms with Crippen LogP contribution in [0.2, 0.25) is 0 Å². The van der Waals surface area contributed by atoms with Crippen LogP contribution in [0.3, 0.4) is 0 Å². The largest absolute Gasteiger partial charge is 0.497 e. The van der Waals surface area contributed by atoms with Gasteiger partial charge in [0.25, 0.3) is 5.88 Å². The molecule has 0 amide bonds. The van der Waals surface area contributed by atoms with Crippen LogP contribution in [0, 0.1) is 10.1 Å². The second-order valence-electron chi connectivity index (χ2n) is 6.20. The minimum absolute atomic E-state index is 0.0168. The van der Waals surface area contributed by atoms with Gasteiger partial charge in [0.2, 0.25) is 5.82 Å². The number of nitro groups is 1. The van der Waals surface area contributed by atoms with Crippen molar-refractivity contribution in [3.05, 3.63) is 34.6 Å². The highest BCUT2D eigenvalue weighted by atomic mass is 16.6. The summed E-state index contributed by atoms with van der Waals surface area (Å²) >= 11 is 0. The highest BCUT2D eigenvalue weighted by Crippen LogP contribution is 2.37. The molecule has 27 heavy (non-hydrogen) atoms. The van der Waals surface area contributed by atoms with Crippen LogP contribution in [0.15, 0.2) is 24.5 Å². The maximum atomic E-state index is 11.7. The van der Waals surface area contributed by atoms with Crippen LogP contribution in [0.4, 0.5) is 17.2 Å². The molecule has 1 N–H and O–H groups in total. The molecule has 1 saturated carbocycles. The second kappa shape index (κ2) is 8.52. The van der Waals surface area contributed by atoms with Crippen LogP contribution < -0.4 is 19.5 Å². The van der Waals surface area contributed by atoms with E-state index >= 15 is 0 Å². The van der Waals surface area contributed by atoms with Crippen molar-refractivity contribution in [1.29, 1.82) is 0 Å². The van der Waals surface area contributed by atoms with E-state index < -0.39 is 4.92 Å². The highest BCUT2D eigenvalue weighted by Gasteiger charge is 2.28. The van der Waals surface area contributed by atoms with Gasteiger partial charge in [-0.05, 0) is 37.8 Å². The van der Waals surface area contributed by atoms with Crippen molar-refractivity contribution in [3.63, 3.8) is 0 Å². The molecule has 0 unspecified atom stereocenters. The van der Waals surface area contributed by atoms with Crippen molar-refractivity contribution < 1.29 is 19.1 Å². The van der Waals surface area contributed by atoms with Crippen LogP contribution in [-0.2, 0) is 0 Å². The summed E-state index contributed by atoms with van der Waals surface area (Å²) in [4.78, 5) is 19.2. The van der Waals surface area contributed by atoms with Gasteiger partial charge < -0.3 is 19.5 Å². The molecule has 0 atom stereocenters. The molecule has 0 bridgehead atoms. The zero-order valence-corrected chi connectivity index (χ0v) is 15.3. The lowest BCUT2D eigenvalue weighted by molar-refractivity contribution is -0.385. The lowest BCUT2D eigenvalue weighted by Crippen LogP contribution is -2.21. The molecule has 144 valence electrons. The van der Waals surface area contributed by atoms with E-state index in [0.29, 0.717) is 17.2 Å². The van der Waals surface area contributed by atoms with E-state index in [2.05, 4.69) is 15.3 Å². The molecule has 1 fully saturated rings. The number of benzene rings is 1. The monoisotopic (exact) mass is 374 g/mol. The SMILES string of the molecule is COc1ccc(Nc2ncnc(OC3CCCCC3)c2[N+](=O)[O-])c(OC)c1. The fraction of sp³-hybridized carbons (Fsp3) is 0.444. The Kier molecular flexibility index (Phi) is 5.90. The molecule has 1 aliphatic rings. The van der Waals surface area contributed by atoms with E-state index in [1.165, 1.54) is 13.4 Å². The summed E-state index contributed by atoms with van der Waals surface area (Å²) in [5, 5.41) is 14.6. The number of nitrogens with zero attached hydrogens (tertiary/aromatic N) is 3. The molecule has 0 spiro atoms. The molecule has 0 saturated heterocycles. The van der Waals surface area contributed by atoms with Crippen LogP contribution >= 0.6 is 0 Å². The average Bonchev–Trinajstić information content (AvgIpc) is 2.69. The zero-order chi connectivity index (χ0) is 19.2. The van der Waals surface area contributed by atoms with Gasteiger partial charge in [0.15, 0.2) is 0 Å². The standard InChI is InChI=1S/C18H22N4O5/c1-25-13-8-9-14(15(10-13)26-2)21-17-16(22(23)24)18(20-11-19-17)27-12-6-4-3-5-7-12/h8-12H,3-7H2,1-2H3,(H,19,20,21). The van der Waals surface area contributed by atoms with Crippen LogP contribution in [0.25, 0.3) is 0 Å². The Morgan fingerprint density at radius 2 is 1.93 bits per heavy atom. The third kappa shape index (κ3) is 4.36. The maximum absolute atomic E-state index is 11.7. The third-order valence-electron chi connectivity index (χ3n) is 4.46. The number of anilines is 2. The second-order valence-corrected chi connectivity index (χ2v) is 6.20. The molecule has 3 rings (SSSR count). The number of hydrogen-bond donors (Lipinski definition) is 1. The Bertz CT molecular complexity index is 808. The van der Waals surface area contributed by atoms with Gasteiger partial charge in [0.05, 0.1) is 24.8 Å². The molecule has 1 aliphatic carbocycles. The van der Waals surface area contributed by atoms with Gasteiger partial charge >= 0.3 is 5.69 Å². The van der Waals surface area contributed by atoms with Crippen molar-refractivity contribution in [3.8, 4) is 17.4 Å². The summed E-state index contributed by atoms with van der Waals surface area (Å²) in [6.45, 7) is 0. The summed E-state index contributed by atoms with van der Waals surface area (Å²) in [6, 6.07) is 5.09. The van der Waals surface area contributed by atoms with Crippen LogP contribution in [-0.4, -0.2) is 35.2 Å². The number of ether oxygens (including phenoxy) is 3. The predicted molar refractivity (Wildman–Crippen MR) is 99.0 cm³/mol. The summed E-state index contributed by atoms with van der Waals surface area (Å²) in [5.41, 5.74) is 0.227. The van der Waals surface area contributed by atoms with Gasteiger partial charge in [-0.3, -0.25) is 10.1 Å². The Morgan fingerprint density at radius 1 is 1.15 bits per heavy atom. The zero-order valence-electron chi connectivity index (χ0n) is 15.3. The molecule has 1 aromatic carbocycles. The molecule has 2 aromatic rings. The Morgan fingerprint density at radius 3 is 2.59 bits per heavy atom. The van der Waals surface area contributed by atoms with Gasteiger partial charge in [-0.2, -0.15) is 4.98 Å². The Hall–Kier alpha value is -3.10. The molecular weight excluding hydrogens is 352 g/mol. The first-order chi connectivity index (χ1) is 13.1. The Balaban J connectivity index is 1.91. The molecule has 1 aromatic heterocycles. The van der Waals surface area contributed by atoms with E-state index in [-0.39, 0.29) is 23.5 Å². The lowest BCUT2D eigenvalue weighted by Gasteiger charge is -2.22. The van der Waals surface area contributed by atoms with Gasteiger partial charge in [0, 0.05) is 6.07 Å². The predicted octanol–water partition coefficient (Wildman–Crippen LogP) is 3.86. The number of hydrogen-bond acceptors (Lipinski definition) is 8. The van der Waals surface area contributed by atoms with E-state index in [4.69, 9.17) is 14.2 Å². The molecule has 9 heteroatoms. The first kappa shape index (κ1) is 18.7. The third-order valence-corrected chi connectivity index (χ3v) is 4.46. The van der Waals surface area contributed by atoms with Gasteiger partial charge in [-0.15, -0.1) is 0 Å². The van der Waals surface area contributed by atoms with E-state index in [1.807, 2.05) is 0 Å².